The lowest BCUT2D eigenvalue weighted by Gasteiger charge is -2.45. The second-order valence-corrected chi connectivity index (χ2v) is 14.8. The van der Waals surface area contributed by atoms with Gasteiger partial charge in [-0.25, -0.2) is 8.42 Å². The third-order valence-electron chi connectivity index (χ3n) is 8.57. The number of ether oxygens (including phenoxy) is 1. The molecule has 244 valence electrons. The molecule has 0 radical (unpaired) electrons. The number of amides is 3. The molecular formula is C34H39ClN4O6S. The minimum Gasteiger partial charge on any atom is -0.480 e. The molecule has 12 heteroatoms. The van der Waals surface area contributed by atoms with Crippen molar-refractivity contribution in [1.29, 1.82) is 0 Å². The zero-order valence-electron chi connectivity index (χ0n) is 26.7. The first-order valence-corrected chi connectivity index (χ1v) is 17.6. The molecule has 3 amide bonds. The van der Waals surface area contributed by atoms with Crippen LogP contribution < -0.4 is 14.4 Å². The Balaban J connectivity index is 1.30. The second-order valence-electron chi connectivity index (χ2n) is 12.7. The van der Waals surface area contributed by atoms with E-state index in [2.05, 4.69) is 4.98 Å². The fourth-order valence-electron chi connectivity index (χ4n) is 6.19. The van der Waals surface area contributed by atoms with E-state index < -0.39 is 27.4 Å². The molecule has 2 aromatic carbocycles. The van der Waals surface area contributed by atoms with E-state index in [9.17, 15) is 22.8 Å². The number of hydrogen-bond donors (Lipinski definition) is 1. The predicted octanol–water partition coefficient (Wildman–Crippen LogP) is 5.16. The van der Waals surface area contributed by atoms with Crippen LogP contribution >= 0.6 is 11.6 Å². The first-order chi connectivity index (χ1) is 21.7. The number of likely N-dealkylation sites (tertiary alicyclic amines) is 1. The Kier molecular flexibility index (Phi) is 9.47. The number of aromatic nitrogens is 1. The van der Waals surface area contributed by atoms with Crippen LogP contribution in [0.1, 0.15) is 61.6 Å². The van der Waals surface area contributed by atoms with Crippen LogP contribution in [-0.4, -0.2) is 67.5 Å². The van der Waals surface area contributed by atoms with Crippen molar-refractivity contribution in [3.05, 3.63) is 76.6 Å². The van der Waals surface area contributed by atoms with Crippen molar-refractivity contribution >= 4 is 45.0 Å². The number of halogens is 1. The highest BCUT2D eigenvalue weighted by atomic mass is 35.5. The van der Waals surface area contributed by atoms with E-state index >= 15 is 0 Å². The summed E-state index contributed by atoms with van der Waals surface area (Å²) in [7, 11) is -3.73. The summed E-state index contributed by atoms with van der Waals surface area (Å²) in [6, 6.07) is 14.5. The van der Waals surface area contributed by atoms with Crippen LogP contribution in [0.25, 0.3) is 11.1 Å². The highest BCUT2D eigenvalue weighted by Crippen LogP contribution is 2.40. The van der Waals surface area contributed by atoms with Crippen LogP contribution in [0.4, 0.5) is 5.69 Å². The number of benzene rings is 2. The van der Waals surface area contributed by atoms with Crippen LogP contribution in [0.15, 0.2) is 54.7 Å². The van der Waals surface area contributed by atoms with Crippen molar-refractivity contribution in [3.8, 4) is 16.9 Å². The molecule has 3 heterocycles. The molecule has 0 saturated carbocycles. The van der Waals surface area contributed by atoms with Crippen molar-refractivity contribution in [1.82, 2.24) is 14.6 Å². The van der Waals surface area contributed by atoms with Crippen LogP contribution in [0.5, 0.6) is 5.75 Å². The van der Waals surface area contributed by atoms with Gasteiger partial charge in [0.15, 0.2) is 6.10 Å². The Morgan fingerprint density at radius 2 is 1.83 bits per heavy atom. The van der Waals surface area contributed by atoms with E-state index in [0.29, 0.717) is 54.3 Å². The Morgan fingerprint density at radius 3 is 2.48 bits per heavy atom. The highest BCUT2D eigenvalue weighted by molar-refractivity contribution is 7.89. The number of pyridine rings is 1. The van der Waals surface area contributed by atoms with E-state index in [1.807, 2.05) is 65.6 Å². The van der Waals surface area contributed by atoms with E-state index in [4.69, 9.17) is 16.3 Å². The number of carbonyl (C=O) groups is 3. The summed E-state index contributed by atoms with van der Waals surface area (Å²) < 4.78 is 31.1. The summed E-state index contributed by atoms with van der Waals surface area (Å²) in [5.74, 6) is -0.345. The first kappa shape index (κ1) is 33.4. The smallest absolute Gasteiger partial charge is 0.274 e. The molecule has 1 saturated heterocycles. The minimum atomic E-state index is -3.73. The molecule has 1 aromatic heterocycles. The summed E-state index contributed by atoms with van der Waals surface area (Å²) in [5, 5.41) is 0.486. The number of sulfonamides is 1. The van der Waals surface area contributed by atoms with Crippen molar-refractivity contribution in [2.75, 3.05) is 24.2 Å². The fraction of sp³-hybridized carbons (Fsp3) is 0.412. The molecule has 46 heavy (non-hydrogen) atoms. The highest BCUT2D eigenvalue weighted by Gasteiger charge is 2.43. The molecule has 0 unspecified atom stereocenters. The third-order valence-corrected chi connectivity index (χ3v) is 9.35. The molecule has 1 fully saturated rings. The molecule has 3 aromatic rings. The quantitative estimate of drug-likeness (QED) is 0.352. The Bertz CT molecular complexity index is 1790. The topological polar surface area (TPSA) is 126 Å². The molecule has 2 aliphatic rings. The van der Waals surface area contributed by atoms with Crippen molar-refractivity contribution in [2.24, 2.45) is 5.41 Å². The lowest BCUT2D eigenvalue weighted by atomic mass is 9.81. The number of nitrogens with one attached hydrogen (secondary N) is 1. The summed E-state index contributed by atoms with van der Waals surface area (Å²) >= 11 is 6.27. The lowest BCUT2D eigenvalue weighted by molar-refractivity contribution is -0.128. The maximum Gasteiger partial charge on any atom is 0.274 e. The minimum absolute atomic E-state index is 0.0471. The molecular weight excluding hydrogens is 628 g/mol. The molecule has 0 aliphatic carbocycles. The summed E-state index contributed by atoms with van der Waals surface area (Å²) in [6.07, 6.45) is 3.61. The number of carbonyl (C=O) groups excluding carboxylic acids is 3. The van der Waals surface area contributed by atoms with Gasteiger partial charge in [0.25, 0.3) is 11.8 Å². The predicted molar refractivity (Wildman–Crippen MR) is 177 cm³/mol. The molecule has 0 spiro atoms. The maximum absolute atomic E-state index is 13.7. The Labute approximate surface area is 275 Å². The maximum atomic E-state index is 13.7. The van der Waals surface area contributed by atoms with Crippen LogP contribution in [0.2, 0.25) is 5.02 Å². The summed E-state index contributed by atoms with van der Waals surface area (Å²) in [6.45, 7) is 8.50. The lowest BCUT2D eigenvalue weighted by Crippen LogP contribution is -2.55. The van der Waals surface area contributed by atoms with E-state index in [-0.39, 0.29) is 24.3 Å². The first-order valence-electron chi connectivity index (χ1n) is 15.3. The van der Waals surface area contributed by atoms with Gasteiger partial charge in [-0.15, -0.1) is 0 Å². The molecule has 1 N–H and O–H groups in total. The van der Waals surface area contributed by atoms with Gasteiger partial charge in [-0.1, -0.05) is 62.7 Å². The number of hydrogen-bond acceptors (Lipinski definition) is 7. The van der Waals surface area contributed by atoms with Gasteiger partial charge in [-0.2, -0.15) is 0 Å². The number of anilines is 1. The van der Waals surface area contributed by atoms with E-state index in [0.717, 1.165) is 28.8 Å². The largest absolute Gasteiger partial charge is 0.480 e. The molecule has 1 atom stereocenters. The average molecular weight is 667 g/mol. The number of rotatable bonds is 8. The summed E-state index contributed by atoms with van der Waals surface area (Å²) in [4.78, 5) is 48.0. The SMILES string of the molecule is CC[C@@H](Oc1ccccc1-c1ccc(C(=O)N2CCC(N3C(=O)C(C)(C)Cc4ncc(Cl)cc43)CC2)c(C)c1)C(=O)NS(C)(=O)=O. The van der Waals surface area contributed by atoms with Gasteiger partial charge in [-0.3, -0.25) is 24.1 Å². The molecule has 2 aliphatic heterocycles. The van der Waals surface area contributed by atoms with Gasteiger partial charge < -0.3 is 14.5 Å². The zero-order valence-corrected chi connectivity index (χ0v) is 28.2. The van der Waals surface area contributed by atoms with E-state index in [1.165, 1.54) is 0 Å². The second kappa shape index (κ2) is 13.0. The van der Waals surface area contributed by atoms with Gasteiger partial charge >= 0.3 is 0 Å². The number of aryl methyl sites for hydroxylation is 1. The number of fused-ring (bicyclic) bond motifs is 1. The fourth-order valence-corrected chi connectivity index (χ4v) is 6.84. The van der Waals surface area contributed by atoms with Crippen molar-refractivity contribution in [2.45, 2.75) is 65.5 Å². The van der Waals surface area contributed by atoms with Crippen molar-refractivity contribution in [3.63, 3.8) is 0 Å². The van der Waals surface area contributed by atoms with Crippen molar-refractivity contribution < 1.29 is 27.5 Å². The zero-order chi connectivity index (χ0) is 33.4. The standard InChI is InChI=1S/C34H39ClN4O6S/c1-6-29(31(40)37-46(5,43)44)45-30-10-8-7-9-26(30)22-11-12-25(21(2)17-22)32(41)38-15-13-24(14-16-38)39-28-18-23(35)20-36-27(28)19-34(3,4)33(39)42/h7-12,17-18,20,24,29H,6,13-16,19H2,1-5H3,(H,37,40)/t29-/m1/s1. The Hall–Kier alpha value is -3.96. The number of para-hydroxylation sites is 1. The third kappa shape index (κ3) is 7.05. The summed E-state index contributed by atoms with van der Waals surface area (Å²) in [5.41, 5.74) is 3.90. The van der Waals surface area contributed by atoms with E-state index in [1.54, 1.807) is 31.3 Å². The van der Waals surface area contributed by atoms with Crippen LogP contribution in [-0.2, 0) is 26.0 Å². The van der Waals surface area contributed by atoms with Crippen LogP contribution in [0, 0.1) is 12.3 Å². The van der Waals surface area contributed by atoms with Crippen LogP contribution in [0.3, 0.4) is 0 Å². The average Bonchev–Trinajstić information content (AvgIpc) is 3.00. The van der Waals surface area contributed by atoms with Gasteiger partial charge in [0.2, 0.25) is 15.9 Å². The van der Waals surface area contributed by atoms with Gasteiger partial charge in [0, 0.05) is 48.3 Å². The van der Waals surface area contributed by atoms with Gasteiger partial charge in [-0.05, 0) is 55.5 Å². The monoisotopic (exact) mass is 666 g/mol. The Morgan fingerprint density at radius 1 is 1.13 bits per heavy atom. The molecule has 5 rings (SSSR count). The number of piperidine rings is 1. The van der Waals surface area contributed by atoms with Gasteiger partial charge in [0.05, 0.1) is 22.7 Å². The molecule has 0 bridgehead atoms. The normalized spacial score (nSPS) is 17.3. The number of nitrogens with zero attached hydrogens (tertiary/aromatic N) is 3. The molecule has 10 nitrogen and oxygen atoms in total. The van der Waals surface area contributed by atoms with Gasteiger partial charge in [0.1, 0.15) is 5.75 Å².